The minimum Gasteiger partial charge on any atom is -0.504 e. The van der Waals surface area contributed by atoms with Crippen LogP contribution in [0, 0.1) is 0 Å². The molecule has 0 spiro atoms. The molecule has 0 bridgehead atoms. The number of aromatic hydroxyl groups is 1. The van der Waals surface area contributed by atoms with Gasteiger partial charge in [0.05, 0.1) is 20.0 Å². The van der Waals surface area contributed by atoms with Crippen molar-refractivity contribution in [1.82, 2.24) is 19.5 Å². The van der Waals surface area contributed by atoms with Crippen molar-refractivity contribution >= 4 is 18.2 Å². The second-order valence-electron chi connectivity index (χ2n) is 5.67. The van der Waals surface area contributed by atoms with E-state index < -0.39 is 0 Å². The number of ether oxygens (including phenoxy) is 1. The SMILES string of the molecule is COc1ccc(Cn2cnc(N)c3nc(C(C)C)nc2-3)cc1O.Cl. The summed E-state index contributed by atoms with van der Waals surface area (Å²) in [5, 5.41) is 9.91. The number of nitrogens with zero attached hydrogens (tertiary/aromatic N) is 4. The summed E-state index contributed by atoms with van der Waals surface area (Å²) in [6.07, 6.45) is 1.64. The summed E-state index contributed by atoms with van der Waals surface area (Å²) in [4.78, 5) is 13.2. The number of rotatable bonds is 4. The maximum atomic E-state index is 9.91. The molecule has 8 heteroatoms. The highest BCUT2D eigenvalue weighted by atomic mass is 35.5. The average Bonchev–Trinajstić information content (AvgIpc) is 2.97. The highest BCUT2D eigenvalue weighted by Gasteiger charge is 2.20. The Morgan fingerprint density at radius 1 is 1.29 bits per heavy atom. The van der Waals surface area contributed by atoms with E-state index in [4.69, 9.17) is 10.5 Å². The Morgan fingerprint density at radius 2 is 2.04 bits per heavy atom. The van der Waals surface area contributed by atoms with E-state index in [1.165, 1.54) is 7.11 Å². The van der Waals surface area contributed by atoms with Crippen molar-refractivity contribution in [2.75, 3.05) is 12.8 Å². The number of hydrogen-bond donors (Lipinski definition) is 2. The lowest BCUT2D eigenvalue weighted by atomic mass is 10.2. The lowest BCUT2D eigenvalue weighted by Crippen LogP contribution is -2.09. The fourth-order valence-corrected chi connectivity index (χ4v) is 2.38. The molecule has 0 atom stereocenters. The Labute approximate surface area is 146 Å². The van der Waals surface area contributed by atoms with Crippen molar-refractivity contribution in [3.8, 4) is 23.0 Å². The predicted octanol–water partition coefficient (Wildman–Crippen LogP) is 2.67. The van der Waals surface area contributed by atoms with Gasteiger partial charge in [-0.2, -0.15) is 0 Å². The van der Waals surface area contributed by atoms with E-state index >= 15 is 0 Å². The Kier molecular flexibility index (Phi) is 5.14. The van der Waals surface area contributed by atoms with Crippen LogP contribution in [0.15, 0.2) is 24.5 Å². The van der Waals surface area contributed by atoms with Gasteiger partial charge in [-0.05, 0) is 17.7 Å². The van der Waals surface area contributed by atoms with Crippen LogP contribution in [0.3, 0.4) is 0 Å². The van der Waals surface area contributed by atoms with Crippen molar-refractivity contribution in [2.45, 2.75) is 26.3 Å². The van der Waals surface area contributed by atoms with E-state index in [2.05, 4.69) is 15.0 Å². The van der Waals surface area contributed by atoms with E-state index in [1.807, 2.05) is 24.5 Å². The van der Waals surface area contributed by atoms with Crippen LogP contribution in [0.4, 0.5) is 5.82 Å². The van der Waals surface area contributed by atoms with E-state index in [-0.39, 0.29) is 24.1 Å². The van der Waals surface area contributed by atoms with Crippen molar-refractivity contribution in [3.05, 3.63) is 35.9 Å². The third kappa shape index (κ3) is 3.21. The Bertz CT molecular complexity index is 818. The highest BCUT2D eigenvalue weighted by molar-refractivity contribution is 5.85. The molecule has 1 aromatic rings. The molecular weight excluding hydrogens is 330 g/mol. The van der Waals surface area contributed by atoms with Crippen LogP contribution < -0.4 is 10.5 Å². The van der Waals surface area contributed by atoms with E-state index in [0.717, 1.165) is 11.4 Å². The first kappa shape index (κ1) is 17.8. The Balaban J connectivity index is 0.00000208. The molecule has 0 saturated carbocycles. The second-order valence-corrected chi connectivity index (χ2v) is 5.67. The molecule has 2 heterocycles. The van der Waals surface area contributed by atoms with Gasteiger partial charge >= 0.3 is 0 Å². The number of nitrogen functional groups attached to an aromatic ring is 1. The van der Waals surface area contributed by atoms with Crippen LogP contribution in [0.5, 0.6) is 11.5 Å². The van der Waals surface area contributed by atoms with Crippen LogP contribution >= 0.6 is 12.4 Å². The molecule has 2 aliphatic rings. The van der Waals surface area contributed by atoms with Gasteiger partial charge < -0.3 is 20.1 Å². The molecule has 0 amide bonds. The van der Waals surface area contributed by atoms with Gasteiger partial charge in [0.25, 0.3) is 0 Å². The average molecular weight is 350 g/mol. The molecule has 128 valence electrons. The molecule has 0 radical (unpaired) electrons. The van der Waals surface area contributed by atoms with Gasteiger partial charge in [0, 0.05) is 5.92 Å². The first-order valence-corrected chi connectivity index (χ1v) is 7.33. The lowest BCUT2D eigenvalue weighted by Gasteiger charge is -2.12. The van der Waals surface area contributed by atoms with E-state index in [9.17, 15) is 5.11 Å². The lowest BCUT2D eigenvalue weighted by molar-refractivity contribution is 0.373. The molecule has 24 heavy (non-hydrogen) atoms. The standard InChI is InChI=1S/C16H19N5O2.ClH/c1-9(2)15-19-13-14(17)18-8-21(16(13)20-15)7-10-4-5-12(23-3)11(22)6-10;/h4-6,8-9,22H,7,17H2,1-3H3;1H. The summed E-state index contributed by atoms with van der Waals surface area (Å²) < 4.78 is 6.92. The summed E-state index contributed by atoms with van der Waals surface area (Å²) in [7, 11) is 1.52. The van der Waals surface area contributed by atoms with Gasteiger partial charge in [0.1, 0.15) is 5.82 Å². The Hall–Kier alpha value is -2.54. The van der Waals surface area contributed by atoms with Gasteiger partial charge in [-0.25, -0.2) is 15.0 Å². The zero-order valence-electron chi connectivity index (χ0n) is 13.7. The molecule has 3 N–H and O–H groups in total. The molecule has 0 aromatic heterocycles. The monoisotopic (exact) mass is 349 g/mol. The molecule has 7 nitrogen and oxygen atoms in total. The number of fused-ring (bicyclic) bond motifs is 1. The number of methoxy groups -OCH3 is 1. The topological polar surface area (TPSA) is 99.1 Å². The number of phenolic OH excluding ortho intramolecular Hbond substituents is 1. The third-order valence-electron chi connectivity index (χ3n) is 3.62. The molecule has 0 unspecified atom stereocenters. The number of nitrogens with two attached hydrogens (primary N) is 1. The largest absolute Gasteiger partial charge is 0.504 e. The number of imidazole rings is 1. The van der Waals surface area contributed by atoms with Gasteiger partial charge in [-0.1, -0.05) is 19.9 Å². The zero-order valence-corrected chi connectivity index (χ0v) is 14.5. The third-order valence-corrected chi connectivity index (χ3v) is 3.62. The van der Waals surface area contributed by atoms with Crippen molar-refractivity contribution < 1.29 is 9.84 Å². The quantitative estimate of drug-likeness (QED) is 0.751. The van der Waals surface area contributed by atoms with Gasteiger partial charge in [0.15, 0.2) is 28.8 Å². The summed E-state index contributed by atoms with van der Waals surface area (Å²) >= 11 is 0. The van der Waals surface area contributed by atoms with Crippen LogP contribution in [0.2, 0.25) is 0 Å². The minimum atomic E-state index is 0. The number of hydrogen-bond acceptors (Lipinski definition) is 6. The van der Waals surface area contributed by atoms with Gasteiger partial charge in [0.2, 0.25) is 0 Å². The van der Waals surface area contributed by atoms with Crippen LogP contribution in [-0.4, -0.2) is 31.7 Å². The van der Waals surface area contributed by atoms with Crippen molar-refractivity contribution in [1.29, 1.82) is 0 Å². The molecule has 2 aliphatic heterocycles. The number of aromatic nitrogens is 4. The van der Waals surface area contributed by atoms with E-state index in [0.29, 0.717) is 29.6 Å². The summed E-state index contributed by atoms with van der Waals surface area (Å²) in [5.41, 5.74) is 7.41. The van der Waals surface area contributed by atoms with E-state index in [1.54, 1.807) is 18.5 Å². The summed E-state index contributed by atoms with van der Waals surface area (Å²) in [6.45, 7) is 4.56. The second kappa shape index (κ2) is 6.92. The highest BCUT2D eigenvalue weighted by Crippen LogP contribution is 2.29. The fourth-order valence-electron chi connectivity index (χ4n) is 2.38. The predicted molar refractivity (Wildman–Crippen MR) is 93.9 cm³/mol. The van der Waals surface area contributed by atoms with Crippen molar-refractivity contribution in [2.24, 2.45) is 0 Å². The number of anilines is 1. The van der Waals surface area contributed by atoms with Crippen LogP contribution in [0.1, 0.15) is 31.2 Å². The summed E-state index contributed by atoms with van der Waals surface area (Å²) in [5.74, 6) is 2.55. The van der Waals surface area contributed by atoms with Gasteiger partial charge in [-0.3, -0.25) is 0 Å². The fraction of sp³-hybridized carbons (Fsp3) is 0.312. The zero-order chi connectivity index (χ0) is 16.6. The number of benzene rings is 1. The molecule has 0 saturated heterocycles. The Morgan fingerprint density at radius 3 is 2.67 bits per heavy atom. The van der Waals surface area contributed by atoms with Gasteiger partial charge in [-0.15, -0.1) is 12.4 Å². The molecule has 0 fully saturated rings. The van der Waals surface area contributed by atoms with Crippen LogP contribution in [0.25, 0.3) is 11.5 Å². The maximum Gasteiger partial charge on any atom is 0.166 e. The number of halogens is 1. The normalized spacial score (nSPS) is 10.8. The summed E-state index contributed by atoms with van der Waals surface area (Å²) in [6, 6.07) is 5.27. The molecule has 1 aromatic carbocycles. The minimum absolute atomic E-state index is 0. The first-order chi connectivity index (χ1) is 11.0. The van der Waals surface area contributed by atoms with Crippen molar-refractivity contribution in [3.63, 3.8) is 0 Å². The molecular formula is C16H20ClN5O2. The first-order valence-electron chi connectivity index (χ1n) is 7.33. The number of phenols is 1. The smallest absolute Gasteiger partial charge is 0.166 e. The molecule has 3 rings (SSSR count). The maximum absolute atomic E-state index is 9.91. The molecule has 0 aliphatic carbocycles. The van der Waals surface area contributed by atoms with Crippen LogP contribution in [-0.2, 0) is 6.54 Å².